The van der Waals surface area contributed by atoms with E-state index in [1.807, 2.05) is 0 Å². The molecule has 11 amide bonds. The van der Waals surface area contributed by atoms with Crippen molar-refractivity contribution in [3.63, 3.8) is 0 Å². The number of fused-ring (bicyclic) bond motifs is 1. The Hall–Kier alpha value is -7.90. The van der Waals surface area contributed by atoms with Crippen molar-refractivity contribution in [3.05, 3.63) is 36.0 Å². The highest BCUT2D eigenvalue weighted by Gasteiger charge is 2.41. The molecule has 1 aliphatic heterocycles. The van der Waals surface area contributed by atoms with E-state index in [1.54, 1.807) is 44.3 Å². The molecule has 3 rings (SSSR count). The summed E-state index contributed by atoms with van der Waals surface area (Å²) in [6.07, 6.45) is 0.430. The van der Waals surface area contributed by atoms with Crippen LogP contribution in [-0.2, 0) is 68.7 Å². The maximum Gasteiger partial charge on any atom is 0.326 e. The summed E-state index contributed by atoms with van der Waals surface area (Å²) in [5.41, 5.74) is 29.2. The number of primary amides is 2. The zero-order valence-electron chi connectivity index (χ0n) is 47.4. The number of benzene rings is 1. The number of thiol groups is 1. The van der Waals surface area contributed by atoms with Gasteiger partial charge in [-0.3, -0.25) is 57.5 Å². The van der Waals surface area contributed by atoms with Crippen LogP contribution in [0.2, 0.25) is 0 Å². The minimum atomic E-state index is -1.70. The average Bonchev–Trinajstić information content (AvgIpc) is 4.19. The summed E-state index contributed by atoms with van der Waals surface area (Å²) >= 11 is 3.96. The fraction of sp³-hybridized carbons (Fsp3) is 0.604. The second kappa shape index (κ2) is 35.3. The van der Waals surface area contributed by atoms with Crippen LogP contribution in [-0.4, -0.2) is 183 Å². The summed E-state index contributed by atoms with van der Waals surface area (Å²) in [5, 5.41) is 40.3. The lowest BCUT2D eigenvalue weighted by atomic mass is 9.99. The highest BCUT2D eigenvalue weighted by atomic mass is 32.1. The minimum absolute atomic E-state index is 0.0470. The van der Waals surface area contributed by atoms with Gasteiger partial charge < -0.3 is 91.3 Å². The number of para-hydroxylation sites is 1. The number of carboxylic acids is 2. The normalized spacial score (nSPS) is 16.2. The van der Waals surface area contributed by atoms with Crippen LogP contribution in [0.1, 0.15) is 110 Å². The third-order valence-corrected chi connectivity index (χ3v) is 14.3. The standard InChI is InChI=1S/C53H83N15O15S/c1-27(2)43(51(80)64-36(53(82)83)17-19-41(58)70)67-49(78)37(23-29-25-59-32-12-5-4-11-30(29)32)65-47(76)33(13-6-8-20-54)61-48(77)35(16-18-40(57)69)62-46(75)34(14-7-9-21-55)63-50(79)39-15-10-22-68(39)52(81)38(24-42(71)72)66-44(73)28(3)60-45(74)31(56)26-84/h4-5,11-12,25,27-28,31,33-39,43,59,84H,6-10,13-24,26,54-56H2,1-3H3,(H2,57,69)(H2,58,70)(H,60,74)(H,61,77)(H,62,75)(H,63,79)(H,64,80)(H,65,76)(H,66,73)(H,67,78)(H,71,72)(H,82,83)/t28-,31-,33-,34-,35-,36-,37-,38-,39-,43-/m0/s1. The number of aliphatic carboxylic acids is 2. The molecule has 1 aromatic heterocycles. The van der Waals surface area contributed by atoms with E-state index in [9.17, 15) is 72.5 Å². The maximum atomic E-state index is 14.6. The van der Waals surface area contributed by atoms with Crippen molar-refractivity contribution in [3.8, 4) is 0 Å². The second-order valence-corrected chi connectivity index (χ2v) is 21.3. The van der Waals surface area contributed by atoms with Gasteiger partial charge in [0.05, 0.1) is 12.5 Å². The van der Waals surface area contributed by atoms with Crippen LogP contribution in [0.25, 0.3) is 10.9 Å². The number of nitrogens with zero attached hydrogens (tertiary/aromatic N) is 1. The number of rotatable bonds is 38. The highest BCUT2D eigenvalue weighted by molar-refractivity contribution is 7.80. The number of H-pyrrole nitrogens is 1. The number of likely N-dealkylation sites (tertiary alicyclic amines) is 1. The van der Waals surface area contributed by atoms with Crippen LogP contribution < -0.4 is 71.2 Å². The Bertz CT molecular complexity index is 2660. The summed E-state index contributed by atoms with van der Waals surface area (Å²) in [6, 6.07) is -7.05. The van der Waals surface area contributed by atoms with Crippen LogP contribution in [0.15, 0.2) is 30.5 Å². The SMILES string of the molecule is CC(C)[C@H](NC(=O)[C@H](Cc1c[nH]c2ccccc12)NC(=O)[C@H](CCCCN)NC(=O)[C@H](CCC(N)=O)NC(=O)[C@H](CCCCN)NC(=O)[C@@H]1CCCN1C(=O)[C@H](CC(=O)O)NC(=O)[C@H](C)NC(=O)[C@@H](N)CS)C(=O)N[C@@H](CCC(N)=O)C(=O)O. The lowest BCUT2D eigenvalue weighted by Gasteiger charge is -2.30. The number of aromatic amines is 1. The number of hydrogen-bond donors (Lipinski definition) is 17. The molecule has 0 aliphatic carbocycles. The van der Waals surface area contributed by atoms with Gasteiger partial charge in [-0.15, -0.1) is 0 Å². The topological polar surface area (TPSA) is 508 Å². The molecule has 1 aliphatic rings. The van der Waals surface area contributed by atoms with Crippen LogP contribution in [0.4, 0.5) is 0 Å². The van der Waals surface area contributed by atoms with Crippen LogP contribution >= 0.6 is 12.6 Å². The Kier molecular flexibility index (Phi) is 29.6. The van der Waals surface area contributed by atoms with Crippen molar-refractivity contribution in [1.29, 1.82) is 0 Å². The maximum absolute atomic E-state index is 14.6. The molecule has 1 aromatic carbocycles. The first-order valence-corrected chi connectivity index (χ1v) is 28.4. The quantitative estimate of drug-likeness (QED) is 0.0224. The summed E-state index contributed by atoms with van der Waals surface area (Å²) in [5.74, 6) is -13.3. The molecule has 0 saturated carbocycles. The summed E-state index contributed by atoms with van der Waals surface area (Å²) in [6.45, 7) is 4.78. The molecule has 0 bridgehead atoms. The molecule has 0 unspecified atom stereocenters. The van der Waals surface area contributed by atoms with Gasteiger partial charge in [0.15, 0.2) is 0 Å². The molecule has 10 atom stereocenters. The molecule has 1 fully saturated rings. The fourth-order valence-electron chi connectivity index (χ4n) is 9.13. The number of hydrogen-bond acceptors (Lipinski definition) is 17. The average molecular weight is 1200 g/mol. The van der Waals surface area contributed by atoms with E-state index in [1.165, 1.54) is 6.92 Å². The van der Waals surface area contributed by atoms with Gasteiger partial charge in [-0.05, 0) is 102 Å². The van der Waals surface area contributed by atoms with E-state index >= 15 is 0 Å². The number of aromatic nitrogens is 1. The van der Waals surface area contributed by atoms with Crippen molar-refractivity contribution < 1.29 is 72.5 Å². The predicted octanol–water partition coefficient (Wildman–Crippen LogP) is -4.14. The number of unbranched alkanes of at least 4 members (excludes halogenated alkanes) is 2. The second-order valence-electron chi connectivity index (χ2n) is 20.9. The third-order valence-electron chi connectivity index (χ3n) is 13.9. The van der Waals surface area contributed by atoms with Crippen LogP contribution in [0.3, 0.4) is 0 Å². The predicted molar refractivity (Wildman–Crippen MR) is 307 cm³/mol. The van der Waals surface area contributed by atoms with Crippen molar-refractivity contribution in [1.82, 2.24) is 52.4 Å². The van der Waals surface area contributed by atoms with Crippen molar-refractivity contribution in [2.75, 3.05) is 25.4 Å². The molecule has 0 spiro atoms. The van der Waals surface area contributed by atoms with Gasteiger partial charge in [0.1, 0.15) is 54.4 Å². The Morgan fingerprint density at radius 3 is 1.68 bits per heavy atom. The molecule has 2 heterocycles. The molecule has 0 radical (unpaired) electrons. The molecular formula is C53H83N15O15S. The van der Waals surface area contributed by atoms with E-state index < -0.39 is 163 Å². The van der Waals surface area contributed by atoms with Gasteiger partial charge in [0.2, 0.25) is 65.0 Å². The fourth-order valence-corrected chi connectivity index (χ4v) is 9.30. The van der Waals surface area contributed by atoms with Gasteiger partial charge in [-0.1, -0.05) is 32.0 Å². The first-order valence-electron chi connectivity index (χ1n) is 27.8. The molecular weight excluding hydrogens is 1120 g/mol. The number of nitrogens with one attached hydrogen (secondary N) is 9. The monoisotopic (exact) mass is 1200 g/mol. The summed E-state index contributed by atoms with van der Waals surface area (Å²) < 4.78 is 0. The van der Waals surface area contributed by atoms with E-state index in [0.717, 1.165) is 4.90 Å². The largest absolute Gasteiger partial charge is 0.481 e. The molecule has 2 aromatic rings. The van der Waals surface area contributed by atoms with Gasteiger partial charge >= 0.3 is 11.9 Å². The number of amides is 11. The zero-order valence-corrected chi connectivity index (χ0v) is 48.3. The Balaban J connectivity index is 1.95. The van der Waals surface area contributed by atoms with Gasteiger partial charge in [-0.25, -0.2) is 4.79 Å². The lowest BCUT2D eigenvalue weighted by molar-refractivity contribution is -0.146. The van der Waals surface area contributed by atoms with Gasteiger partial charge in [0, 0.05) is 48.7 Å². The van der Waals surface area contributed by atoms with E-state index in [2.05, 4.69) is 60.1 Å². The minimum Gasteiger partial charge on any atom is -0.481 e. The lowest BCUT2D eigenvalue weighted by Crippen LogP contribution is -2.61. The molecule has 84 heavy (non-hydrogen) atoms. The van der Waals surface area contributed by atoms with Crippen LogP contribution in [0, 0.1) is 5.92 Å². The number of carboxylic acid groups (broad SMARTS) is 2. The zero-order chi connectivity index (χ0) is 62.8. The third kappa shape index (κ3) is 22.7. The van der Waals surface area contributed by atoms with Gasteiger partial charge in [0.25, 0.3) is 0 Å². The Morgan fingerprint density at radius 2 is 1.14 bits per heavy atom. The van der Waals surface area contributed by atoms with Crippen molar-refractivity contribution >= 4 is 100 Å². The number of nitrogens with two attached hydrogens (primary N) is 5. The molecule has 466 valence electrons. The Labute approximate surface area is 490 Å². The summed E-state index contributed by atoms with van der Waals surface area (Å²) in [7, 11) is 0. The highest BCUT2D eigenvalue weighted by Crippen LogP contribution is 2.22. The van der Waals surface area contributed by atoms with Crippen LogP contribution in [0.5, 0.6) is 0 Å². The van der Waals surface area contributed by atoms with E-state index in [0.29, 0.717) is 29.3 Å². The number of carbonyl (C=O) groups excluding carboxylic acids is 11. The first-order chi connectivity index (χ1) is 39.7. The van der Waals surface area contributed by atoms with E-state index in [4.69, 9.17) is 28.7 Å². The Morgan fingerprint density at radius 1 is 0.631 bits per heavy atom. The van der Waals surface area contributed by atoms with E-state index in [-0.39, 0.29) is 83.2 Å². The first kappa shape index (κ1) is 70.4. The molecule has 31 heteroatoms. The van der Waals surface area contributed by atoms with Crippen molar-refractivity contribution in [2.45, 2.75) is 171 Å². The smallest absolute Gasteiger partial charge is 0.326 e. The molecule has 21 N–H and O–H groups in total. The molecule has 30 nitrogen and oxygen atoms in total. The van der Waals surface area contributed by atoms with Gasteiger partial charge in [-0.2, -0.15) is 12.6 Å². The summed E-state index contributed by atoms with van der Waals surface area (Å²) in [4.78, 5) is 177. The van der Waals surface area contributed by atoms with Crippen molar-refractivity contribution in [2.24, 2.45) is 34.6 Å². The molecule has 1 saturated heterocycles. The number of carbonyl (C=O) groups is 13.